The molecule has 0 radical (unpaired) electrons. The van der Waals surface area contributed by atoms with E-state index in [9.17, 15) is 112 Å². The number of rotatable bonds is 23. The molecule has 6 aliphatic heterocycles. The lowest BCUT2D eigenvalue weighted by atomic mass is 9.38. The van der Waals surface area contributed by atoms with E-state index in [-0.39, 0.29) is 35.5 Å². The molecule has 34 heteroatoms. The molecule has 580 valence electrons. The van der Waals surface area contributed by atoms with E-state index < -0.39 is 264 Å². The summed E-state index contributed by atoms with van der Waals surface area (Å²) in [5, 5.41) is 239. The summed E-state index contributed by atoms with van der Waals surface area (Å²) in [7, 11) is 0. The number of aliphatic hydroxyl groups is 22. The monoisotopic (exact) mass is 1450 g/mol. The summed E-state index contributed by atoms with van der Waals surface area (Å²) in [6.45, 7) is 11.5. The van der Waals surface area contributed by atoms with Crippen LogP contribution in [0.4, 0.5) is 0 Å². The highest BCUT2D eigenvalue weighted by atomic mass is 16.8. The predicted molar refractivity (Wildman–Crippen MR) is 333 cm³/mol. The molecule has 34 nitrogen and oxygen atoms in total. The minimum atomic E-state index is -2.04. The van der Waals surface area contributed by atoms with Crippen molar-refractivity contribution in [2.45, 2.75) is 315 Å². The van der Waals surface area contributed by atoms with E-state index in [1.807, 2.05) is 13.8 Å². The first-order valence-electron chi connectivity index (χ1n) is 35.1. The Kier molecular flexibility index (Phi) is 25.5. The van der Waals surface area contributed by atoms with E-state index in [4.69, 9.17) is 56.8 Å². The molecule has 0 aromatic carbocycles. The van der Waals surface area contributed by atoms with Gasteiger partial charge >= 0.3 is 0 Å². The van der Waals surface area contributed by atoms with Crippen molar-refractivity contribution in [3.8, 4) is 0 Å². The van der Waals surface area contributed by atoms with E-state index >= 15 is 0 Å². The molecule has 3 saturated carbocycles. The third kappa shape index (κ3) is 14.9. The highest BCUT2D eigenvalue weighted by Crippen LogP contribution is 2.75. The van der Waals surface area contributed by atoms with Crippen LogP contribution in [0.3, 0.4) is 0 Å². The maximum Gasteiger partial charge on any atom is 0.187 e. The maximum absolute atomic E-state index is 12.9. The van der Waals surface area contributed by atoms with Gasteiger partial charge in [0.15, 0.2) is 37.7 Å². The van der Waals surface area contributed by atoms with Crippen LogP contribution in [0, 0.1) is 45.3 Å². The van der Waals surface area contributed by atoms with Crippen molar-refractivity contribution in [3.63, 3.8) is 0 Å². The van der Waals surface area contributed by atoms with Gasteiger partial charge in [0, 0.05) is 10.8 Å². The van der Waals surface area contributed by atoms with Gasteiger partial charge in [0.25, 0.3) is 0 Å². The second-order valence-electron chi connectivity index (χ2n) is 31.6. The fraction of sp³-hybridized carbons (Fsp3) is 0.970. The molecule has 0 amide bonds. The Morgan fingerprint density at radius 3 is 1.30 bits per heavy atom. The summed E-state index contributed by atoms with van der Waals surface area (Å²) in [6.07, 6.45) is -47.9. The van der Waals surface area contributed by atoms with Crippen molar-refractivity contribution in [3.05, 3.63) is 11.6 Å². The summed E-state index contributed by atoms with van der Waals surface area (Å²) in [6, 6.07) is 0. The lowest BCUT2D eigenvalue weighted by Crippen LogP contribution is -2.65. The van der Waals surface area contributed by atoms with Crippen molar-refractivity contribution >= 4 is 0 Å². The smallest absolute Gasteiger partial charge is 0.187 e. The molecular weight excluding hydrogens is 1340 g/mol. The summed E-state index contributed by atoms with van der Waals surface area (Å²) < 4.78 is 70.9. The molecule has 0 spiro atoms. The molecule has 4 aliphatic carbocycles. The molecule has 0 aromatic rings. The van der Waals surface area contributed by atoms with Crippen molar-refractivity contribution in [2.24, 2.45) is 45.3 Å². The van der Waals surface area contributed by atoms with E-state index in [2.05, 4.69) is 33.8 Å². The van der Waals surface area contributed by atoms with Crippen molar-refractivity contribution in [2.75, 3.05) is 39.6 Å². The Morgan fingerprint density at radius 2 is 0.850 bits per heavy atom. The summed E-state index contributed by atoms with van der Waals surface area (Å²) in [5.41, 5.74) is -2.71. The molecule has 40 atom stereocenters. The normalized spacial score (nSPS) is 52.1. The number of aliphatic hydroxyl groups excluding tert-OH is 21. The van der Waals surface area contributed by atoms with Crippen LogP contribution >= 0.6 is 0 Å². The summed E-state index contributed by atoms with van der Waals surface area (Å²) in [5.74, 6) is -0.169. The van der Waals surface area contributed by atoms with E-state index in [1.54, 1.807) is 0 Å². The second-order valence-corrected chi connectivity index (χ2v) is 31.6. The van der Waals surface area contributed by atoms with Crippen LogP contribution in [0.15, 0.2) is 11.6 Å². The summed E-state index contributed by atoms with van der Waals surface area (Å²) in [4.78, 5) is 0. The molecule has 6 saturated heterocycles. The van der Waals surface area contributed by atoms with Gasteiger partial charge in [0.05, 0.1) is 63.6 Å². The van der Waals surface area contributed by atoms with Crippen LogP contribution in [0.25, 0.3) is 0 Å². The summed E-state index contributed by atoms with van der Waals surface area (Å²) >= 11 is 0. The Hall–Kier alpha value is -1.62. The van der Waals surface area contributed by atoms with Crippen LogP contribution in [0.5, 0.6) is 0 Å². The van der Waals surface area contributed by atoms with Crippen LogP contribution < -0.4 is 0 Å². The first-order chi connectivity index (χ1) is 46.8. The Balaban J connectivity index is 0.815. The van der Waals surface area contributed by atoms with Gasteiger partial charge in [-0.2, -0.15) is 0 Å². The molecule has 100 heavy (non-hydrogen) atoms. The fourth-order valence-electron chi connectivity index (χ4n) is 18.4. The molecule has 6 heterocycles. The first kappa shape index (κ1) is 80.9. The second kappa shape index (κ2) is 31.5. The fourth-order valence-corrected chi connectivity index (χ4v) is 18.4. The van der Waals surface area contributed by atoms with Crippen molar-refractivity contribution < 1.29 is 169 Å². The molecular formula is C66H112O34. The van der Waals surface area contributed by atoms with Gasteiger partial charge in [-0.15, -0.1) is 0 Å². The van der Waals surface area contributed by atoms with Crippen LogP contribution in [0.2, 0.25) is 0 Å². The van der Waals surface area contributed by atoms with E-state index in [0.29, 0.717) is 32.1 Å². The Labute approximate surface area is 579 Å². The highest BCUT2D eigenvalue weighted by Gasteiger charge is 2.71. The standard InChI is InChI=1S/C66H112O34/c1-24(25-15-16-64(6)34-12-10-26-27(66(34,8)35(70)17-65(25,64)7)11-14-36(62(26,2)3)98-59-53(86)48(81)42(75)32(96-59)22-90-57-51(84)45(78)39(72)29(19-68)93-57)9-13-37(63(4,5)88)99-61-55(100-60-54(87)46(79)40(73)30(20-69)94-60)49(82)43(76)33(97-61)23-91-58-52(85)47(80)41(74)31(95-58)21-89-56-50(83)44(77)38(71)28(18-67)92-56/h10,24-25,27-61,67-88H,9,11-23H2,1-8H3. The third-order valence-corrected chi connectivity index (χ3v) is 25.0. The zero-order chi connectivity index (χ0) is 73.5. The van der Waals surface area contributed by atoms with Gasteiger partial charge in [0.1, 0.15) is 146 Å². The maximum atomic E-state index is 12.9. The van der Waals surface area contributed by atoms with Gasteiger partial charge in [-0.05, 0) is 99.7 Å². The van der Waals surface area contributed by atoms with Crippen LogP contribution in [0.1, 0.15) is 107 Å². The average Bonchev–Trinajstić information content (AvgIpc) is 1.32. The molecule has 22 N–H and O–H groups in total. The minimum Gasteiger partial charge on any atom is -0.394 e. The quantitative estimate of drug-likeness (QED) is 0.0423. The average molecular weight is 1450 g/mol. The van der Waals surface area contributed by atoms with Crippen molar-refractivity contribution in [1.29, 1.82) is 0 Å². The molecule has 9 fully saturated rings. The number of ether oxygens (including phenoxy) is 12. The van der Waals surface area contributed by atoms with E-state index in [1.165, 1.54) is 13.8 Å². The van der Waals surface area contributed by atoms with Gasteiger partial charge in [-0.1, -0.05) is 53.2 Å². The first-order valence-corrected chi connectivity index (χ1v) is 35.1. The van der Waals surface area contributed by atoms with Crippen molar-refractivity contribution in [1.82, 2.24) is 0 Å². The molecule has 10 aliphatic rings. The van der Waals surface area contributed by atoms with Gasteiger partial charge in [0.2, 0.25) is 0 Å². The zero-order valence-electron chi connectivity index (χ0n) is 57.6. The number of allylic oxidation sites excluding steroid dienone is 1. The molecule has 10 rings (SSSR count). The zero-order valence-corrected chi connectivity index (χ0v) is 57.6. The van der Waals surface area contributed by atoms with Crippen LogP contribution in [-0.4, -0.2) is 360 Å². The number of fused-ring (bicyclic) bond motifs is 5. The van der Waals surface area contributed by atoms with Crippen LogP contribution in [-0.2, 0) is 56.8 Å². The lowest BCUT2D eigenvalue weighted by molar-refractivity contribution is -0.380. The topological polar surface area (TPSA) is 556 Å². The SMILES string of the molecule is CC(CCC(OC1OC(COC2OC(COC3OC(CO)C(O)C(O)C3O)C(O)C(O)C2O)C(O)C(O)C1OC1OC(CO)C(O)C(O)C1O)C(C)(C)O)C1CCC2(C)C3CC=C4C(CCC(OC5OC(COC6OC(CO)C(O)C(O)C6O)C(O)C(O)C5O)C4(C)C)C3(C)C(O)CC12C. The number of hydrogen-bond acceptors (Lipinski definition) is 34. The van der Waals surface area contributed by atoms with Gasteiger partial charge < -0.3 is 169 Å². The third-order valence-electron chi connectivity index (χ3n) is 25.0. The molecule has 40 unspecified atom stereocenters. The minimum absolute atomic E-state index is 0.00195. The molecule has 0 bridgehead atoms. The Bertz CT molecular complexity index is 2670. The largest absolute Gasteiger partial charge is 0.394 e. The Morgan fingerprint density at radius 1 is 0.460 bits per heavy atom. The number of hydrogen-bond donors (Lipinski definition) is 22. The van der Waals surface area contributed by atoms with E-state index in [0.717, 1.165) is 18.4 Å². The lowest BCUT2D eigenvalue weighted by Gasteiger charge is -2.67. The molecule has 0 aromatic heterocycles. The van der Waals surface area contributed by atoms with Gasteiger partial charge in [-0.25, -0.2) is 0 Å². The highest BCUT2D eigenvalue weighted by molar-refractivity contribution is 5.32. The predicted octanol–water partition coefficient (Wildman–Crippen LogP) is -7.58. The van der Waals surface area contributed by atoms with Gasteiger partial charge in [-0.3, -0.25) is 0 Å².